The Balaban J connectivity index is 2.46. The van der Waals surface area contributed by atoms with Gasteiger partial charge in [-0.1, -0.05) is 43.9 Å². The lowest BCUT2D eigenvalue weighted by atomic mass is 10.3. The summed E-state index contributed by atoms with van der Waals surface area (Å²) >= 11 is 14.1. The molecule has 0 bridgehead atoms. The number of hydrogen-bond acceptors (Lipinski definition) is 3. The van der Waals surface area contributed by atoms with Gasteiger partial charge in [-0.3, -0.25) is 0 Å². The van der Waals surface area contributed by atoms with Gasteiger partial charge >= 0.3 is 0 Å². The molecule has 1 aromatic carbocycles. The van der Waals surface area contributed by atoms with E-state index in [1.165, 1.54) is 24.3 Å². The summed E-state index contributed by atoms with van der Waals surface area (Å²) in [5, 5.41) is 0.546. The summed E-state index contributed by atoms with van der Waals surface area (Å²) < 4.78 is 2.56. The summed E-state index contributed by atoms with van der Waals surface area (Å²) in [6.45, 7) is 0. The summed E-state index contributed by atoms with van der Waals surface area (Å²) in [5.74, 6) is 0. The van der Waals surface area contributed by atoms with Gasteiger partial charge in [0, 0.05) is 3.57 Å². The highest BCUT2D eigenvalue weighted by Crippen LogP contribution is 2.27. The number of rotatable bonds is 1. The second-order valence-corrected chi connectivity index (χ2v) is 7.00. The number of nitrogens with zero attached hydrogens (tertiary/aromatic N) is 1. The van der Waals surface area contributed by atoms with E-state index in [4.69, 9.17) is 23.2 Å². The van der Waals surface area contributed by atoms with Gasteiger partial charge in [0.25, 0.3) is 0 Å². The Kier molecular flexibility index (Phi) is 4.06. The molecule has 0 saturated carbocycles. The van der Waals surface area contributed by atoms with Crippen molar-refractivity contribution in [2.45, 2.75) is 0 Å². The Hall–Kier alpha value is 0.380. The molecule has 15 heavy (non-hydrogen) atoms. The molecule has 0 fully saturated rings. The lowest BCUT2D eigenvalue weighted by molar-refractivity contribution is 1.41. The van der Waals surface area contributed by atoms with Crippen molar-refractivity contribution in [1.29, 1.82) is 0 Å². The molecular weight excluding hydrogens is 384 g/mol. The van der Waals surface area contributed by atoms with E-state index in [0.29, 0.717) is 9.36 Å². The molecule has 1 nitrogen and oxygen atoms in total. The summed E-state index contributed by atoms with van der Waals surface area (Å²) in [5.41, 5.74) is 0.892. The smallest absolute Gasteiger partial charge is 0.147 e. The third-order valence-corrected chi connectivity index (χ3v) is 5.82. The molecule has 1 aromatic heterocycles. The van der Waals surface area contributed by atoms with Crippen LogP contribution in [-0.2, 0) is 0 Å². The van der Waals surface area contributed by atoms with Gasteiger partial charge in [-0.25, -0.2) is 4.99 Å². The van der Waals surface area contributed by atoms with Gasteiger partial charge in [0.15, 0.2) is 0 Å². The molecule has 0 atom stereocenters. The van der Waals surface area contributed by atoms with E-state index in [1.807, 2.05) is 24.3 Å². The summed E-state index contributed by atoms with van der Waals surface area (Å²) in [6, 6.07) is 7.92. The van der Waals surface area contributed by atoms with Crippen LogP contribution in [0.25, 0.3) is 0 Å². The maximum absolute atomic E-state index is 5.98. The predicted molar refractivity (Wildman–Crippen MR) is 76.6 cm³/mol. The Morgan fingerprint density at radius 2 is 1.73 bits per heavy atom. The fourth-order valence-electron chi connectivity index (χ4n) is 0.934. The predicted octanol–water partition coefficient (Wildman–Crippen LogP) is 4.95. The topological polar surface area (TPSA) is 12.4 Å². The van der Waals surface area contributed by atoms with Crippen LogP contribution in [-0.4, -0.2) is 0 Å². The van der Waals surface area contributed by atoms with Crippen molar-refractivity contribution < 1.29 is 0 Å². The van der Waals surface area contributed by atoms with E-state index >= 15 is 0 Å². The van der Waals surface area contributed by atoms with Crippen LogP contribution in [0.3, 0.4) is 0 Å². The molecule has 0 aliphatic heterocycles. The van der Waals surface area contributed by atoms with Crippen LogP contribution in [0.2, 0.25) is 9.36 Å². The Labute approximate surface area is 118 Å². The molecule has 0 N–H and O–H groups in total. The molecule has 6 heteroatoms. The summed E-state index contributed by atoms with van der Waals surface area (Å²) in [7, 11) is 2.92. The van der Waals surface area contributed by atoms with Crippen LogP contribution >= 0.6 is 66.5 Å². The van der Waals surface area contributed by atoms with Gasteiger partial charge in [0.2, 0.25) is 0 Å². The highest BCUT2D eigenvalue weighted by molar-refractivity contribution is 14.1. The average molecular weight is 388 g/mol. The van der Waals surface area contributed by atoms with Crippen molar-refractivity contribution in [2.24, 2.45) is 4.99 Å². The zero-order valence-electron chi connectivity index (χ0n) is 7.21. The standard InChI is InChI=1S/C9H4Cl2INS2/c10-7-8(11)14-15-9(7)13-6-3-1-5(12)2-4-6/h1-4H. The average Bonchev–Trinajstić information content (AvgIpc) is 2.53. The molecule has 0 spiro atoms. The zero-order chi connectivity index (χ0) is 10.8. The van der Waals surface area contributed by atoms with E-state index < -0.39 is 0 Å². The number of halogens is 3. The first kappa shape index (κ1) is 11.9. The first-order valence-corrected chi connectivity index (χ1v) is 7.89. The molecule has 0 radical (unpaired) electrons. The minimum Gasteiger partial charge on any atom is -0.236 e. The van der Waals surface area contributed by atoms with Crippen molar-refractivity contribution in [3.63, 3.8) is 0 Å². The molecule has 0 aliphatic carbocycles. The van der Waals surface area contributed by atoms with Crippen LogP contribution in [0.5, 0.6) is 0 Å². The zero-order valence-corrected chi connectivity index (χ0v) is 12.5. The van der Waals surface area contributed by atoms with E-state index in [2.05, 4.69) is 27.6 Å². The monoisotopic (exact) mass is 387 g/mol. The van der Waals surface area contributed by atoms with Gasteiger partial charge in [-0.05, 0) is 46.9 Å². The van der Waals surface area contributed by atoms with Crippen LogP contribution in [0, 0.1) is 3.57 Å². The normalized spacial score (nSPS) is 12.1. The minimum atomic E-state index is 0.546. The first-order valence-electron chi connectivity index (χ1n) is 3.91. The van der Waals surface area contributed by atoms with Crippen LogP contribution in [0.4, 0.5) is 5.69 Å². The third kappa shape index (κ3) is 2.94. The maximum Gasteiger partial charge on any atom is 0.147 e. The highest BCUT2D eigenvalue weighted by atomic mass is 127. The minimum absolute atomic E-state index is 0.546. The molecule has 78 valence electrons. The first-order chi connectivity index (χ1) is 7.16. The lowest BCUT2D eigenvalue weighted by Crippen LogP contribution is -1.91. The van der Waals surface area contributed by atoms with E-state index in [9.17, 15) is 0 Å². The molecule has 2 rings (SSSR count). The molecule has 0 amide bonds. The van der Waals surface area contributed by atoms with Gasteiger partial charge in [-0.2, -0.15) is 0 Å². The maximum atomic E-state index is 5.98. The molecule has 2 aromatic rings. The van der Waals surface area contributed by atoms with Crippen molar-refractivity contribution in [1.82, 2.24) is 0 Å². The SMILES string of the molecule is Clc1ssc(=Nc2ccc(I)cc2)c1Cl. The van der Waals surface area contributed by atoms with Crippen molar-refractivity contribution >= 4 is 72.2 Å². The van der Waals surface area contributed by atoms with Crippen molar-refractivity contribution in [3.8, 4) is 0 Å². The largest absolute Gasteiger partial charge is 0.236 e. The molecule has 0 aliphatic rings. The van der Waals surface area contributed by atoms with Gasteiger partial charge in [0.1, 0.15) is 14.0 Å². The molecular formula is C9H4Cl2INS2. The van der Waals surface area contributed by atoms with E-state index in [-0.39, 0.29) is 0 Å². The van der Waals surface area contributed by atoms with Gasteiger partial charge in [0.05, 0.1) is 5.69 Å². The molecule has 0 unspecified atom stereocenters. The highest BCUT2D eigenvalue weighted by Gasteiger charge is 2.03. The number of benzene rings is 1. The fourth-order valence-corrected chi connectivity index (χ4v) is 4.04. The Bertz CT molecular complexity index is 530. The molecule has 1 heterocycles. The fraction of sp³-hybridized carbons (Fsp3) is 0. The second kappa shape index (κ2) is 5.14. The van der Waals surface area contributed by atoms with E-state index in [1.54, 1.807) is 0 Å². The van der Waals surface area contributed by atoms with Gasteiger partial charge < -0.3 is 0 Å². The second-order valence-electron chi connectivity index (χ2n) is 2.65. The summed E-state index contributed by atoms with van der Waals surface area (Å²) in [6.07, 6.45) is 0. The Morgan fingerprint density at radius 1 is 1.07 bits per heavy atom. The van der Waals surface area contributed by atoms with Crippen molar-refractivity contribution in [3.05, 3.63) is 41.9 Å². The summed E-state index contributed by atoms with van der Waals surface area (Å²) in [4.78, 5) is 4.41. The Morgan fingerprint density at radius 3 is 2.27 bits per heavy atom. The van der Waals surface area contributed by atoms with Crippen LogP contribution < -0.4 is 4.67 Å². The quantitative estimate of drug-likeness (QED) is 0.484. The van der Waals surface area contributed by atoms with Crippen molar-refractivity contribution in [2.75, 3.05) is 0 Å². The van der Waals surface area contributed by atoms with Crippen LogP contribution in [0.15, 0.2) is 29.3 Å². The third-order valence-electron chi connectivity index (χ3n) is 1.61. The van der Waals surface area contributed by atoms with E-state index in [0.717, 1.165) is 10.4 Å². The molecule has 0 saturated heterocycles. The van der Waals surface area contributed by atoms with Gasteiger partial charge in [-0.15, -0.1) is 0 Å². The number of hydrogen-bond donors (Lipinski definition) is 0. The lowest BCUT2D eigenvalue weighted by Gasteiger charge is -1.92. The van der Waals surface area contributed by atoms with Crippen LogP contribution in [0.1, 0.15) is 0 Å².